The van der Waals surface area contributed by atoms with Crippen LogP contribution in [0.4, 0.5) is 18.9 Å². The van der Waals surface area contributed by atoms with Crippen LogP contribution in [0.3, 0.4) is 0 Å². The molecular formula is C19H13F3N2O3S. The van der Waals surface area contributed by atoms with Gasteiger partial charge in [0, 0.05) is 26.9 Å². The van der Waals surface area contributed by atoms with Gasteiger partial charge in [-0.3, -0.25) is 14.8 Å². The minimum atomic E-state index is -4.46. The smallest absolute Gasteiger partial charge is 0.322 e. The number of nitrogens with one attached hydrogen (secondary N) is 2. The number of hydrogen-bond donors (Lipinski definition) is 3. The van der Waals surface area contributed by atoms with Crippen LogP contribution in [0.25, 0.3) is 16.2 Å². The first kappa shape index (κ1) is 19.6. The van der Waals surface area contributed by atoms with Gasteiger partial charge in [0.05, 0.1) is 5.56 Å². The molecule has 0 aliphatic carbocycles. The van der Waals surface area contributed by atoms with Crippen LogP contribution in [0, 0.1) is 0 Å². The molecular weight excluding hydrogens is 393 g/mol. The highest BCUT2D eigenvalue weighted by atomic mass is 32.1. The number of halogens is 3. The monoisotopic (exact) mass is 406 g/mol. The van der Waals surface area contributed by atoms with Gasteiger partial charge in [-0.05, 0) is 60.0 Å². The molecule has 1 heterocycles. The Morgan fingerprint density at radius 2 is 1.75 bits per heavy atom. The average Bonchev–Trinajstić information content (AvgIpc) is 3.07. The van der Waals surface area contributed by atoms with Crippen LogP contribution in [0.15, 0.2) is 54.6 Å². The number of hydrogen-bond acceptors (Lipinski definition) is 4. The molecule has 0 radical (unpaired) electrons. The van der Waals surface area contributed by atoms with Gasteiger partial charge in [0.15, 0.2) is 0 Å². The molecule has 144 valence electrons. The standard InChI is InChI=1S/C19H13F3N2O3S/c20-19(21,22)13-3-1-11(2-4-13)18(26)23-14-5-7-16-12(9-14)10-15(28-16)6-8-17(25)24-27/h1-10,27H,(H,23,26)(H,24,25)/b8-6+. The van der Waals surface area contributed by atoms with Crippen LogP contribution in [-0.4, -0.2) is 17.0 Å². The third-order valence-corrected chi connectivity index (χ3v) is 4.86. The third kappa shape index (κ3) is 4.56. The Labute approximate surface area is 161 Å². The predicted octanol–water partition coefficient (Wildman–Crippen LogP) is 4.69. The normalized spacial score (nSPS) is 11.7. The van der Waals surface area contributed by atoms with Crippen LogP contribution in [0.5, 0.6) is 0 Å². The van der Waals surface area contributed by atoms with Gasteiger partial charge in [0.1, 0.15) is 0 Å². The Morgan fingerprint density at radius 1 is 1.04 bits per heavy atom. The van der Waals surface area contributed by atoms with E-state index in [9.17, 15) is 22.8 Å². The van der Waals surface area contributed by atoms with E-state index in [4.69, 9.17) is 5.21 Å². The maximum Gasteiger partial charge on any atom is 0.416 e. The molecule has 28 heavy (non-hydrogen) atoms. The summed E-state index contributed by atoms with van der Waals surface area (Å²) < 4.78 is 38.7. The van der Waals surface area contributed by atoms with Crippen molar-refractivity contribution >= 4 is 45.0 Å². The molecule has 0 saturated carbocycles. The summed E-state index contributed by atoms with van der Waals surface area (Å²) in [5, 5.41) is 11.9. The molecule has 2 aromatic carbocycles. The van der Waals surface area contributed by atoms with Gasteiger partial charge in [-0.1, -0.05) is 0 Å². The molecule has 1 aromatic heterocycles. The van der Waals surface area contributed by atoms with Crippen molar-refractivity contribution in [3.8, 4) is 0 Å². The molecule has 0 bridgehead atoms. The number of thiophene rings is 1. The molecule has 0 atom stereocenters. The topological polar surface area (TPSA) is 78.4 Å². The van der Waals surface area contributed by atoms with Crippen LogP contribution in [-0.2, 0) is 11.0 Å². The first-order valence-electron chi connectivity index (χ1n) is 7.90. The molecule has 0 fully saturated rings. The highest BCUT2D eigenvalue weighted by molar-refractivity contribution is 7.19. The number of hydroxylamine groups is 1. The summed E-state index contributed by atoms with van der Waals surface area (Å²) in [6, 6.07) is 10.9. The molecule has 3 aromatic rings. The lowest BCUT2D eigenvalue weighted by atomic mass is 10.1. The molecule has 3 N–H and O–H groups in total. The summed E-state index contributed by atoms with van der Waals surface area (Å²) in [4.78, 5) is 24.1. The van der Waals surface area contributed by atoms with Gasteiger partial charge < -0.3 is 5.32 Å². The van der Waals surface area contributed by atoms with Gasteiger partial charge in [0.2, 0.25) is 0 Å². The first-order chi connectivity index (χ1) is 13.3. The highest BCUT2D eigenvalue weighted by Gasteiger charge is 2.30. The van der Waals surface area contributed by atoms with E-state index in [0.29, 0.717) is 5.69 Å². The molecule has 9 heteroatoms. The Kier molecular flexibility index (Phi) is 5.48. The minimum absolute atomic E-state index is 0.108. The fourth-order valence-corrected chi connectivity index (χ4v) is 3.38. The highest BCUT2D eigenvalue weighted by Crippen LogP contribution is 2.30. The fourth-order valence-electron chi connectivity index (χ4n) is 2.43. The molecule has 2 amide bonds. The van der Waals surface area contributed by atoms with Crippen LogP contribution < -0.4 is 10.8 Å². The van der Waals surface area contributed by atoms with Gasteiger partial charge in [0.25, 0.3) is 11.8 Å². The van der Waals surface area contributed by atoms with Gasteiger partial charge >= 0.3 is 6.18 Å². The van der Waals surface area contributed by atoms with Crippen molar-refractivity contribution in [1.82, 2.24) is 5.48 Å². The molecule has 0 aliphatic heterocycles. The molecule has 0 spiro atoms. The van der Waals surface area contributed by atoms with E-state index < -0.39 is 23.6 Å². The molecule has 3 rings (SSSR count). The number of rotatable bonds is 4. The van der Waals surface area contributed by atoms with Crippen LogP contribution in [0.1, 0.15) is 20.8 Å². The van der Waals surface area contributed by atoms with E-state index in [0.717, 1.165) is 39.2 Å². The van der Waals surface area contributed by atoms with E-state index in [1.54, 1.807) is 24.3 Å². The van der Waals surface area contributed by atoms with Crippen molar-refractivity contribution in [3.63, 3.8) is 0 Å². The molecule has 0 unspecified atom stereocenters. The van der Waals surface area contributed by atoms with Crippen molar-refractivity contribution in [1.29, 1.82) is 0 Å². The fraction of sp³-hybridized carbons (Fsp3) is 0.0526. The maximum absolute atomic E-state index is 12.6. The number of carbonyl (C=O) groups excluding carboxylic acids is 2. The Balaban J connectivity index is 1.75. The lowest BCUT2D eigenvalue weighted by Gasteiger charge is -2.08. The molecule has 5 nitrogen and oxygen atoms in total. The number of anilines is 1. The quantitative estimate of drug-likeness (QED) is 0.334. The number of carbonyl (C=O) groups is 2. The largest absolute Gasteiger partial charge is 0.416 e. The Hall–Kier alpha value is -3.17. The Bertz CT molecular complexity index is 1060. The number of benzene rings is 2. The summed E-state index contributed by atoms with van der Waals surface area (Å²) in [6.07, 6.45) is -1.74. The third-order valence-electron chi connectivity index (χ3n) is 3.78. The maximum atomic E-state index is 12.6. The van der Waals surface area contributed by atoms with Crippen molar-refractivity contribution in [3.05, 3.63) is 70.6 Å². The van der Waals surface area contributed by atoms with Gasteiger partial charge in [-0.2, -0.15) is 13.2 Å². The molecule has 0 aliphatic rings. The zero-order valence-electron chi connectivity index (χ0n) is 14.1. The van der Waals surface area contributed by atoms with Crippen molar-refractivity contribution in [2.75, 3.05) is 5.32 Å². The summed E-state index contributed by atoms with van der Waals surface area (Å²) in [7, 11) is 0. The lowest BCUT2D eigenvalue weighted by molar-refractivity contribution is -0.137. The summed E-state index contributed by atoms with van der Waals surface area (Å²) in [5.74, 6) is -1.18. The van der Waals surface area contributed by atoms with E-state index in [2.05, 4.69) is 5.32 Å². The second kappa shape index (κ2) is 7.83. The van der Waals surface area contributed by atoms with E-state index in [1.165, 1.54) is 29.0 Å². The second-order valence-electron chi connectivity index (χ2n) is 5.74. The van der Waals surface area contributed by atoms with Gasteiger partial charge in [-0.15, -0.1) is 11.3 Å². The minimum Gasteiger partial charge on any atom is -0.322 e. The van der Waals surface area contributed by atoms with Crippen LogP contribution in [0.2, 0.25) is 0 Å². The van der Waals surface area contributed by atoms with Crippen LogP contribution >= 0.6 is 11.3 Å². The van der Waals surface area contributed by atoms with E-state index in [1.807, 2.05) is 0 Å². The number of amides is 2. The zero-order valence-corrected chi connectivity index (χ0v) is 14.9. The summed E-state index contributed by atoms with van der Waals surface area (Å²) in [6.45, 7) is 0. The summed E-state index contributed by atoms with van der Waals surface area (Å²) >= 11 is 1.41. The zero-order chi connectivity index (χ0) is 20.3. The SMILES string of the molecule is O=C(/C=C/c1cc2cc(NC(=O)c3ccc(C(F)(F)F)cc3)ccc2s1)NO. The predicted molar refractivity (Wildman–Crippen MR) is 100 cm³/mol. The van der Waals surface area contributed by atoms with Crippen molar-refractivity contribution < 1.29 is 28.0 Å². The van der Waals surface area contributed by atoms with Crippen molar-refractivity contribution in [2.24, 2.45) is 0 Å². The van der Waals surface area contributed by atoms with Gasteiger partial charge in [-0.25, -0.2) is 5.48 Å². The lowest BCUT2D eigenvalue weighted by Crippen LogP contribution is -2.14. The summed E-state index contributed by atoms with van der Waals surface area (Å²) in [5.41, 5.74) is 1.27. The molecule has 0 saturated heterocycles. The number of fused-ring (bicyclic) bond motifs is 1. The second-order valence-corrected chi connectivity index (χ2v) is 6.86. The average molecular weight is 406 g/mol. The number of alkyl halides is 3. The van der Waals surface area contributed by atoms with E-state index in [-0.39, 0.29) is 5.56 Å². The van der Waals surface area contributed by atoms with E-state index >= 15 is 0 Å². The Morgan fingerprint density at radius 3 is 2.39 bits per heavy atom. The first-order valence-corrected chi connectivity index (χ1v) is 8.72. The van der Waals surface area contributed by atoms with Crippen molar-refractivity contribution in [2.45, 2.75) is 6.18 Å².